The number of para-hydroxylation sites is 1. The highest BCUT2D eigenvalue weighted by Gasteiger charge is 2.26. The van der Waals surface area contributed by atoms with E-state index < -0.39 is 0 Å². The maximum atomic E-state index is 5.97. The van der Waals surface area contributed by atoms with Crippen LogP contribution in [0.1, 0.15) is 12.6 Å². The quantitative estimate of drug-likeness (QED) is 0.919. The molecule has 1 aromatic heterocycles. The molecule has 0 radical (unpaired) electrons. The maximum absolute atomic E-state index is 5.97. The van der Waals surface area contributed by atoms with Crippen LogP contribution in [0.5, 0.6) is 0 Å². The predicted octanol–water partition coefficient (Wildman–Crippen LogP) is 2.23. The molecule has 1 aliphatic rings. The Hall–Kier alpha value is -1.04. The Bertz CT molecular complexity index is 592. The molecule has 21 heavy (non-hydrogen) atoms. The molecule has 0 spiro atoms. The van der Waals surface area contributed by atoms with Crippen molar-refractivity contribution < 1.29 is 4.74 Å². The highest BCUT2D eigenvalue weighted by molar-refractivity contribution is 7.99. The van der Waals surface area contributed by atoms with E-state index >= 15 is 0 Å². The van der Waals surface area contributed by atoms with Gasteiger partial charge in [-0.05, 0) is 12.6 Å². The standard InChI is InChI=1S/C16H23N3OS/c1-3-17-14(16-11-21-9-8-20-16)10-13-12-6-4-5-7-15(12)19(2)18-13/h4-7,14,16-17H,3,8-11H2,1-2H3. The molecule has 2 heterocycles. The number of aromatic nitrogens is 2. The largest absolute Gasteiger partial charge is 0.375 e. The molecule has 1 aliphatic heterocycles. The first-order chi connectivity index (χ1) is 10.3. The zero-order valence-electron chi connectivity index (χ0n) is 12.7. The Labute approximate surface area is 130 Å². The topological polar surface area (TPSA) is 39.1 Å². The van der Waals surface area contributed by atoms with Crippen molar-refractivity contribution in [1.29, 1.82) is 0 Å². The smallest absolute Gasteiger partial charge is 0.0822 e. The number of aryl methyl sites for hydroxylation is 1. The van der Waals surface area contributed by atoms with E-state index in [4.69, 9.17) is 9.84 Å². The van der Waals surface area contributed by atoms with Crippen LogP contribution in [0.15, 0.2) is 24.3 Å². The molecule has 1 N–H and O–H groups in total. The SMILES string of the molecule is CCNC(Cc1nn(C)c2ccccc12)C1CSCCO1. The number of hydrogen-bond acceptors (Lipinski definition) is 4. The fourth-order valence-corrected chi connectivity index (χ4v) is 3.92. The van der Waals surface area contributed by atoms with Crippen molar-refractivity contribution in [3.05, 3.63) is 30.0 Å². The second-order valence-corrected chi connectivity index (χ2v) is 6.59. The summed E-state index contributed by atoms with van der Waals surface area (Å²) in [5, 5.41) is 9.56. The van der Waals surface area contributed by atoms with Gasteiger partial charge in [-0.2, -0.15) is 16.9 Å². The van der Waals surface area contributed by atoms with Crippen molar-refractivity contribution >= 4 is 22.7 Å². The van der Waals surface area contributed by atoms with Crippen LogP contribution in [0.2, 0.25) is 0 Å². The zero-order valence-corrected chi connectivity index (χ0v) is 13.5. The molecule has 2 aromatic rings. The Morgan fingerprint density at radius 3 is 3.10 bits per heavy atom. The minimum atomic E-state index is 0.282. The van der Waals surface area contributed by atoms with E-state index in [-0.39, 0.29) is 6.10 Å². The van der Waals surface area contributed by atoms with Gasteiger partial charge in [0, 0.05) is 36.4 Å². The molecule has 4 nitrogen and oxygen atoms in total. The summed E-state index contributed by atoms with van der Waals surface area (Å²) in [6, 6.07) is 8.78. The summed E-state index contributed by atoms with van der Waals surface area (Å²) >= 11 is 1.99. The fraction of sp³-hybridized carbons (Fsp3) is 0.562. The number of benzene rings is 1. The molecule has 1 aromatic carbocycles. The molecule has 1 fully saturated rings. The fourth-order valence-electron chi connectivity index (χ4n) is 2.98. The summed E-state index contributed by atoms with van der Waals surface area (Å²) in [6.07, 6.45) is 1.20. The van der Waals surface area contributed by atoms with Crippen molar-refractivity contribution in [2.75, 3.05) is 24.7 Å². The minimum Gasteiger partial charge on any atom is -0.375 e. The van der Waals surface area contributed by atoms with Crippen molar-refractivity contribution in [2.45, 2.75) is 25.5 Å². The second kappa shape index (κ2) is 6.81. The van der Waals surface area contributed by atoms with Gasteiger partial charge in [0.15, 0.2) is 0 Å². The lowest BCUT2D eigenvalue weighted by molar-refractivity contribution is 0.0474. The van der Waals surface area contributed by atoms with Gasteiger partial charge in [-0.3, -0.25) is 4.68 Å². The van der Waals surface area contributed by atoms with Gasteiger partial charge in [0.2, 0.25) is 0 Å². The van der Waals surface area contributed by atoms with Gasteiger partial charge in [0.1, 0.15) is 0 Å². The third-order valence-corrected chi connectivity index (χ3v) is 5.02. The lowest BCUT2D eigenvalue weighted by Gasteiger charge is -2.30. The van der Waals surface area contributed by atoms with Crippen LogP contribution in [-0.2, 0) is 18.2 Å². The first kappa shape index (κ1) is 14.9. The highest BCUT2D eigenvalue weighted by atomic mass is 32.2. The van der Waals surface area contributed by atoms with Crippen molar-refractivity contribution in [2.24, 2.45) is 7.05 Å². The Balaban J connectivity index is 1.83. The van der Waals surface area contributed by atoms with Gasteiger partial charge >= 0.3 is 0 Å². The molecular formula is C16H23N3OS. The van der Waals surface area contributed by atoms with E-state index in [1.807, 2.05) is 23.5 Å². The van der Waals surface area contributed by atoms with Gasteiger partial charge in [0.25, 0.3) is 0 Å². The first-order valence-electron chi connectivity index (χ1n) is 7.63. The van der Waals surface area contributed by atoms with Crippen LogP contribution in [-0.4, -0.2) is 46.6 Å². The lowest BCUT2D eigenvalue weighted by Crippen LogP contribution is -2.46. The molecule has 0 aliphatic carbocycles. The van der Waals surface area contributed by atoms with E-state index in [1.165, 1.54) is 16.6 Å². The van der Waals surface area contributed by atoms with Gasteiger partial charge in [-0.15, -0.1) is 0 Å². The van der Waals surface area contributed by atoms with Crippen molar-refractivity contribution in [1.82, 2.24) is 15.1 Å². The summed E-state index contributed by atoms with van der Waals surface area (Å²) < 4.78 is 7.94. The van der Waals surface area contributed by atoms with Gasteiger partial charge in [0.05, 0.1) is 23.9 Å². The van der Waals surface area contributed by atoms with Crippen LogP contribution in [0, 0.1) is 0 Å². The average Bonchev–Trinajstić information content (AvgIpc) is 2.85. The lowest BCUT2D eigenvalue weighted by atomic mass is 10.0. The average molecular weight is 305 g/mol. The van der Waals surface area contributed by atoms with Crippen LogP contribution in [0.4, 0.5) is 0 Å². The third-order valence-electron chi connectivity index (χ3n) is 4.00. The van der Waals surface area contributed by atoms with Crippen molar-refractivity contribution in [3.8, 4) is 0 Å². The van der Waals surface area contributed by atoms with E-state index in [9.17, 15) is 0 Å². The van der Waals surface area contributed by atoms with Crippen LogP contribution in [0.25, 0.3) is 10.9 Å². The number of nitrogens with one attached hydrogen (secondary N) is 1. The second-order valence-electron chi connectivity index (χ2n) is 5.44. The summed E-state index contributed by atoms with van der Waals surface area (Å²) in [7, 11) is 2.01. The van der Waals surface area contributed by atoms with E-state index in [1.54, 1.807) is 0 Å². The molecule has 1 saturated heterocycles. The number of fused-ring (bicyclic) bond motifs is 1. The van der Waals surface area contributed by atoms with Crippen molar-refractivity contribution in [3.63, 3.8) is 0 Å². The maximum Gasteiger partial charge on any atom is 0.0822 e. The summed E-state index contributed by atoms with van der Waals surface area (Å²) in [4.78, 5) is 0. The molecule has 0 amide bonds. The number of likely N-dealkylation sites (N-methyl/N-ethyl adjacent to an activating group) is 1. The minimum absolute atomic E-state index is 0.282. The molecule has 5 heteroatoms. The first-order valence-corrected chi connectivity index (χ1v) is 8.78. The Morgan fingerprint density at radius 1 is 1.48 bits per heavy atom. The molecule has 0 saturated carbocycles. The highest BCUT2D eigenvalue weighted by Crippen LogP contribution is 2.22. The van der Waals surface area contributed by atoms with E-state index in [2.05, 4.69) is 36.5 Å². The number of ether oxygens (including phenoxy) is 1. The van der Waals surface area contributed by atoms with Crippen LogP contribution >= 0.6 is 11.8 Å². The third kappa shape index (κ3) is 3.25. The molecule has 3 rings (SSSR count). The van der Waals surface area contributed by atoms with Crippen LogP contribution in [0.3, 0.4) is 0 Å². The summed E-state index contributed by atoms with van der Waals surface area (Å²) in [5.41, 5.74) is 2.36. The number of thioether (sulfide) groups is 1. The van der Waals surface area contributed by atoms with E-state index in [0.29, 0.717) is 6.04 Å². The van der Waals surface area contributed by atoms with E-state index in [0.717, 1.165) is 31.1 Å². The van der Waals surface area contributed by atoms with Gasteiger partial charge in [-0.1, -0.05) is 25.1 Å². The summed E-state index contributed by atoms with van der Waals surface area (Å²) in [6.45, 7) is 3.97. The Morgan fingerprint density at radius 2 is 2.33 bits per heavy atom. The zero-order chi connectivity index (χ0) is 14.7. The number of nitrogens with zero attached hydrogens (tertiary/aromatic N) is 2. The summed E-state index contributed by atoms with van der Waals surface area (Å²) in [5.74, 6) is 2.18. The molecular weight excluding hydrogens is 282 g/mol. The monoisotopic (exact) mass is 305 g/mol. The molecule has 114 valence electrons. The number of hydrogen-bond donors (Lipinski definition) is 1. The van der Waals surface area contributed by atoms with Gasteiger partial charge < -0.3 is 10.1 Å². The molecule has 0 bridgehead atoms. The predicted molar refractivity (Wildman–Crippen MR) is 88.9 cm³/mol. The molecule has 2 unspecified atom stereocenters. The normalized spacial score (nSPS) is 20.8. The molecule has 2 atom stereocenters. The Kier molecular flexibility index (Phi) is 4.83. The number of rotatable bonds is 5. The van der Waals surface area contributed by atoms with Crippen LogP contribution < -0.4 is 5.32 Å². The van der Waals surface area contributed by atoms with Gasteiger partial charge in [-0.25, -0.2) is 0 Å².